The maximum atomic E-state index is 6.03. The molecule has 1 N–H and O–H groups in total. The highest BCUT2D eigenvalue weighted by Gasteiger charge is 2.42. The molecule has 0 bridgehead atoms. The summed E-state index contributed by atoms with van der Waals surface area (Å²) in [6, 6.07) is 29.9. The Kier molecular flexibility index (Phi) is 6.35. The number of anilines is 1. The van der Waals surface area contributed by atoms with Crippen LogP contribution in [0.4, 0.5) is 5.69 Å². The molecule has 0 spiro atoms. The molecule has 1 aliphatic heterocycles. The van der Waals surface area contributed by atoms with Crippen LogP contribution in [0.1, 0.15) is 34.7 Å². The summed E-state index contributed by atoms with van der Waals surface area (Å²) < 4.78 is 8.27. The predicted octanol–water partition coefficient (Wildman–Crippen LogP) is 6.85. The van der Waals surface area contributed by atoms with Gasteiger partial charge in [-0.3, -0.25) is 9.97 Å². The smallest absolute Gasteiger partial charge is 0.174 e. The van der Waals surface area contributed by atoms with E-state index in [1.807, 2.05) is 79.1 Å². The van der Waals surface area contributed by atoms with Crippen molar-refractivity contribution in [2.24, 2.45) is 0 Å². The first-order valence-corrected chi connectivity index (χ1v) is 12.9. The number of ether oxygens (including phenoxy) is 1. The zero-order valence-electron chi connectivity index (χ0n) is 21.2. The number of pyridine rings is 2. The van der Waals surface area contributed by atoms with Crippen LogP contribution in [0.5, 0.6) is 11.5 Å². The largest absolute Gasteiger partial charge is 0.457 e. The molecule has 7 heteroatoms. The van der Waals surface area contributed by atoms with Gasteiger partial charge in [0.1, 0.15) is 11.5 Å². The molecule has 2 atom stereocenters. The molecular formula is C31H27N5OS. The zero-order valence-corrected chi connectivity index (χ0v) is 22.0. The Morgan fingerprint density at radius 2 is 1.58 bits per heavy atom. The number of aromatic nitrogens is 3. The summed E-state index contributed by atoms with van der Waals surface area (Å²) in [6.07, 6.45) is 5.51. The minimum absolute atomic E-state index is 0.102. The molecule has 188 valence electrons. The van der Waals surface area contributed by atoms with Gasteiger partial charge in [-0.1, -0.05) is 24.3 Å². The van der Waals surface area contributed by atoms with E-state index in [2.05, 4.69) is 57.9 Å². The summed E-state index contributed by atoms with van der Waals surface area (Å²) in [5, 5.41) is 4.22. The summed E-state index contributed by atoms with van der Waals surface area (Å²) >= 11 is 5.93. The third-order valence-electron chi connectivity index (χ3n) is 6.88. The molecule has 0 amide bonds. The second kappa shape index (κ2) is 10.1. The van der Waals surface area contributed by atoms with Crippen molar-refractivity contribution in [1.29, 1.82) is 0 Å². The molecule has 0 unspecified atom stereocenters. The van der Waals surface area contributed by atoms with Gasteiger partial charge in [-0.05, 0) is 98.4 Å². The number of aryl methyl sites for hydroxylation is 1. The molecular weight excluding hydrogens is 490 g/mol. The highest BCUT2D eigenvalue weighted by molar-refractivity contribution is 7.80. The summed E-state index contributed by atoms with van der Waals surface area (Å²) in [5.74, 6) is 1.57. The van der Waals surface area contributed by atoms with E-state index in [-0.39, 0.29) is 12.1 Å². The molecule has 2 aromatic carbocycles. The molecule has 0 radical (unpaired) electrons. The molecule has 1 saturated heterocycles. The minimum Gasteiger partial charge on any atom is -0.457 e. The fourth-order valence-corrected chi connectivity index (χ4v) is 5.56. The Morgan fingerprint density at radius 3 is 2.29 bits per heavy atom. The Morgan fingerprint density at radius 1 is 0.816 bits per heavy atom. The summed E-state index contributed by atoms with van der Waals surface area (Å²) in [4.78, 5) is 11.2. The predicted molar refractivity (Wildman–Crippen MR) is 154 cm³/mol. The lowest BCUT2D eigenvalue weighted by Gasteiger charge is -2.28. The van der Waals surface area contributed by atoms with Crippen molar-refractivity contribution in [2.45, 2.75) is 25.9 Å². The van der Waals surface area contributed by atoms with Crippen LogP contribution in [0.25, 0.3) is 5.69 Å². The van der Waals surface area contributed by atoms with Gasteiger partial charge in [0, 0.05) is 29.5 Å². The van der Waals surface area contributed by atoms with Gasteiger partial charge in [0.05, 0.1) is 29.7 Å². The highest BCUT2D eigenvalue weighted by atomic mass is 32.1. The van der Waals surface area contributed by atoms with E-state index < -0.39 is 0 Å². The Bertz CT molecular complexity index is 1550. The SMILES string of the molecule is Cc1cc([C@@H]2[C@@H](c3ccccn3)NC(=S)N2c2ccc(Oc3ccccc3)cc2)c(C)n1-c1cccnc1. The first-order chi connectivity index (χ1) is 18.6. The minimum atomic E-state index is -0.119. The molecule has 38 heavy (non-hydrogen) atoms. The average molecular weight is 518 g/mol. The number of nitrogens with zero attached hydrogens (tertiary/aromatic N) is 4. The van der Waals surface area contributed by atoms with E-state index in [9.17, 15) is 0 Å². The van der Waals surface area contributed by atoms with E-state index in [4.69, 9.17) is 21.9 Å². The number of rotatable bonds is 6. The van der Waals surface area contributed by atoms with E-state index in [1.54, 1.807) is 6.20 Å². The van der Waals surface area contributed by atoms with Gasteiger partial charge in [-0.25, -0.2) is 0 Å². The normalized spacial score (nSPS) is 16.9. The first kappa shape index (κ1) is 23.9. The van der Waals surface area contributed by atoms with Crippen LogP contribution in [0.3, 0.4) is 0 Å². The van der Waals surface area contributed by atoms with Crippen molar-refractivity contribution < 1.29 is 4.74 Å². The van der Waals surface area contributed by atoms with Gasteiger partial charge in [-0.2, -0.15) is 0 Å². The molecule has 1 aliphatic rings. The molecule has 4 heterocycles. The Balaban J connectivity index is 1.42. The monoisotopic (exact) mass is 517 g/mol. The van der Waals surface area contributed by atoms with E-state index in [1.165, 1.54) is 5.56 Å². The maximum absolute atomic E-state index is 6.03. The molecule has 6 nitrogen and oxygen atoms in total. The van der Waals surface area contributed by atoms with Crippen LogP contribution in [0.2, 0.25) is 0 Å². The van der Waals surface area contributed by atoms with Crippen molar-refractivity contribution in [3.8, 4) is 17.2 Å². The van der Waals surface area contributed by atoms with Gasteiger partial charge in [-0.15, -0.1) is 0 Å². The van der Waals surface area contributed by atoms with Gasteiger partial charge in [0.2, 0.25) is 0 Å². The van der Waals surface area contributed by atoms with E-state index in [0.717, 1.165) is 40.0 Å². The van der Waals surface area contributed by atoms with Crippen LogP contribution in [0, 0.1) is 13.8 Å². The molecule has 0 aliphatic carbocycles. The fraction of sp³-hybridized carbons (Fsp3) is 0.129. The van der Waals surface area contributed by atoms with Crippen molar-refractivity contribution in [3.05, 3.63) is 132 Å². The van der Waals surface area contributed by atoms with E-state index in [0.29, 0.717) is 5.11 Å². The molecule has 0 saturated carbocycles. The number of hydrogen-bond donors (Lipinski definition) is 1. The Hall–Kier alpha value is -4.49. The van der Waals surface area contributed by atoms with E-state index >= 15 is 0 Å². The Labute approximate surface area is 227 Å². The average Bonchev–Trinajstić information content (AvgIpc) is 3.45. The van der Waals surface area contributed by atoms with Gasteiger partial charge in [0.15, 0.2) is 5.11 Å². The number of thiocarbonyl (C=S) groups is 1. The zero-order chi connectivity index (χ0) is 26.1. The van der Waals surface area contributed by atoms with Crippen molar-refractivity contribution >= 4 is 23.0 Å². The second-order valence-corrected chi connectivity index (χ2v) is 9.67. The number of para-hydroxylation sites is 1. The third-order valence-corrected chi connectivity index (χ3v) is 7.20. The van der Waals surface area contributed by atoms with Gasteiger partial charge < -0.3 is 19.5 Å². The topological polar surface area (TPSA) is 55.2 Å². The third kappa shape index (κ3) is 4.41. The molecule has 6 rings (SSSR count). The lowest BCUT2D eigenvalue weighted by atomic mass is 9.96. The van der Waals surface area contributed by atoms with Gasteiger partial charge >= 0.3 is 0 Å². The first-order valence-electron chi connectivity index (χ1n) is 12.5. The van der Waals surface area contributed by atoms with Crippen LogP contribution in [0.15, 0.2) is 110 Å². The molecule has 1 fully saturated rings. The standard InChI is InChI=1S/C31H27N5OS/c1-21-19-27(22(2)35(21)24-9-8-17-32-20-24)30-29(28-12-6-7-18-33-28)34-31(38)36(30)23-13-15-26(16-14-23)37-25-10-4-3-5-11-25/h3-20,29-30H,1-2H3,(H,34,38)/t29-,30-/m1/s1. The van der Waals surface area contributed by atoms with Crippen molar-refractivity contribution in [2.75, 3.05) is 4.90 Å². The second-order valence-electron chi connectivity index (χ2n) is 9.28. The molecule has 3 aromatic heterocycles. The molecule has 5 aromatic rings. The van der Waals surface area contributed by atoms with Crippen molar-refractivity contribution in [3.63, 3.8) is 0 Å². The fourth-order valence-electron chi connectivity index (χ4n) is 5.22. The maximum Gasteiger partial charge on any atom is 0.174 e. The number of hydrogen-bond acceptors (Lipinski definition) is 4. The quantitative estimate of drug-likeness (QED) is 0.249. The summed E-state index contributed by atoms with van der Waals surface area (Å²) in [7, 11) is 0. The van der Waals surface area contributed by atoms with Gasteiger partial charge in [0.25, 0.3) is 0 Å². The van der Waals surface area contributed by atoms with Crippen LogP contribution in [-0.2, 0) is 0 Å². The highest BCUT2D eigenvalue weighted by Crippen LogP contribution is 2.44. The van der Waals surface area contributed by atoms with Crippen LogP contribution < -0.4 is 15.0 Å². The van der Waals surface area contributed by atoms with Crippen LogP contribution in [-0.4, -0.2) is 19.6 Å². The lowest BCUT2D eigenvalue weighted by molar-refractivity contribution is 0.482. The van der Waals surface area contributed by atoms with Crippen molar-refractivity contribution in [1.82, 2.24) is 19.9 Å². The number of benzene rings is 2. The van der Waals surface area contributed by atoms with Crippen LogP contribution >= 0.6 is 12.2 Å². The number of nitrogens with one attached hydrogen (secondary N) is 1. The summed E-state index contributed by atoms with van der Waals surface area (Å²) in [6.45, 7) is 4.28. The lowest BCUT2D eigenvalue weighted by Crippen LogP contribution is -2.29. The summed E-state index contributed by atoms with van der Waals surface area (Å²) in [5.41, 5.74) is 6.41.